The minimum absolute atomic E-state index is 0.0444. The van der Waals surface area contributed by atoms with E-state index in [1.54, 1.807) is 6.07 Å². The Morgan fingerprint density at radius 1 is 1.55 bits per heavy atom. The number of nitrogen functional groups attached to an aromatic ring is 1. The summed E-state index contributed by atoms with van der Waals surface area (Å²) in [5.41, 5.74) is 7.02. The van der Waals surface area contributed by atoms with Gasteiger partial charge in [0.25, 0.3) is 5.91 Å². The third kappa shape index (κ3) is 4.00. The highest BCUT2D eigenvalue weighted by Crippen LogP contribution is 2.37. The second-order valence-electron chi connectivity index (χ2n) is 6.93. The molecule has 5 heteroatoms. The number of carbonyl (C=O) groups is 1. The number of aliphatic hydroxyl groups excluding tert-OH is 1. The Morgan fingerprint density at radius 3 is 2.75 bits per heavy atom. The van der Waals surface area contributed by atoms with Gasteiger partial charge in [0.15, 0.2) is 0 Å². The van der Waals surface area contributed by atoms with Crippen LogP contribution in [0.4, 0.5) is 5.69 Å². The highest BCUT2D eigenvalue weighted by atomic mass is 16.3. The molecule has 1 atom stereocenters. The van der Waals surface area contributed by atoms with E-state index in [9.17, 15) is 9.90 Å². The number of amides is 1. The normalized spacial score (nSPS) is 17.0. The van der Waals surface area contributed by atoms with E-state index in [1.165, 1.54) is 0 Å². The lowest BCUT2D eigenvalue weighted by molar-refractivity contribution is 0.0860. The standard InChI is InChI=1S/C15H25N3O2/c1-15(2,3)7-12(19)8-17-14(20)13-6-10(16)9-18(13)11-4-5-11/h6,9,11-12,19H,4-5,7-8,16H2,1-3H3,(H,17,20). The number of aromatic nitrogens is 1. The molecule has 1 aromatic rings. The zero-order valence-corrected chi connectivity index (χ0v) is 12.5. The number of hydrogen-bond acceptors (Lipinski definition) is 3. The van der Waals surface area contributed by atoms with E-state index in [0.29, 0.717) is 23.8 Å². The number of hydrogen-bond donors (Lipinski definition) is 3. The van der Waals surface area contributed by atoms with Crippen molar-refractivity contribution in [1.29, 1.82) is 0 Å². The van der Waals surface area contributed by atoms with Crippen molar-refractivity contribution in [2.24, 2.45) is 5.41 Å². The molecule has 1 heterocycles. The van der Waals surface area contributed by atoms with E-state index >= 15 is 0 Å². The molecule has 1 amide bonds. The first-order valence-electron chi connectivity index (χ1n) is 7.20. The Labute approximate surface area is 120 Å². The molecule has 0 aliphatic heterocycles. The van der Waals surface area contributed by atoms with Crippen LogP contribution in [0.15, 0.2) is 12.3 Å². The quantitative estimate of drug-likeness (QED) is 0.770. The molecule has 1 aliphatic carbocycles. The van der Waals surface area contributed by atoms with Gasteiger partial charge in [0.1, 0.15) is 5.69 Å². The van der Waals surface area contributed by atoms with Crippen LogP contribution in [0, 0.1) is 5.41 Å². The molecule has 112 valence electrons. The van der Waals surface area contributed by atoms with Gasteiger partial charge >= 0.3 is 0 Å². The van der Waals surface area contributed by atoms with Gasteiger partial charge < -0.3 is 20.7 Å². The highest BCUT2D eigenvalue weighted by molar-refractivity contribution is 5.93. The lowest BCUT2D eigenvalue weighted by Gasteiger charge is -2.22. The van der Waals surface area contributed by atoms with Crippen LogP contribution in [-0.4, -0.2) is 28.2 Å². The van der Waals surface area contributed by atoms with Gasteiger partial charge in [-0.15, -0.1) is 0 Å². The monoisotopic (exact) mass is 279 g/mol. The fourth-order valence-electron chi connectivity index (χ4n) is 2.42. The van der Waals surface area contributed by atoms with Crippen molar-refractivity contribution in [2.75, 3.05) is 12.3 Å². The van der Waals surface area contributed by atoms with E-state index in [4.69, 9.17) is 5.73 Å². The van der Waals surface area contributed by atoms with Crippen LogP contribution < -0.4 is 11.1 Å². The Hall–Kier alpha value is -1.49. The molecule has 1 saturated carbocycles. The molecule has 4 N–H and O–H groups in total. The first kappa shape index (κ1) is 14.9. The largest absolute Gasteiger partial charge is 0.397 e. The molecule has 0 bridgehead atoms. The average molecular weight is 279 g/mol. The second-order valence-corrected chi connectivity index (χ2v) is 6.93. The van der Waals surface area contributed by atoms with Gasteiger partial charge in [-0.2, -0.15) is 0 Å². The van der Waals surface area contributed by atoms with Crippen LogP contribution in [-0.2, 0) is 0 Å². The predicted molar refractivity (Wildman–Crippen MR) is 79.5 cm³/mol. The number of nitrogens with zero attached hydrogens (tertiary/aromatic N) is 1. The van der Waals surface area contributed by atoms with E-state index in [-0.39, 0.29) is 17.9 Å². The Kier molecular flexibility index (Phi) is 4.09. The summed E-state index contributed by atoms with van der Waals surface area (Å²) in [7, 11) is 0. The SMILES string of the molecule is CC(C)(C)CC(O)CNC(=O)c1cc(N)cn1C1CC1. The topological polar surface area (TPSA) is 80.3 Å². The van der Waals surface area contributed by atoms with Crippen molar-refractivity contribution in [3.05, 3.63) is 18.0 Å². The molecular weight excluding hydrogens is 254 g/mol. The average Bonchev–Trinajstić information content (AvgIpc) is 3.07. The van der Waals surface area contributed by atoms with Crippen LogP contribution in [0.25, 0.3) is 0 Å². The smallest absolute Gasteiger partial charge is 0.268 e. The van der Waals surface area contributed by atoms with E-state index in [2.05, 4.69) is 26.1 Å². The van der Waals surface area contributed by atoms with Crippen molar-refractivity contribution in [2.45, 2.75) is 52.2 Å². The van der Waals surface area contributed by atoms with E-state index < -0.39 is 6.10 Å². The molecular formula is C15H25N3O2. The van der Waals surface area contributed by atoms with E-state index in [1.807, 2.05) is 10.8 Å². The number of aliphatic hydroxyl groups is 1. The zero-order valence-electron chi connectivity index (χ0n) is 12.5. The molecule has 2 rings (SSSR count). The molecule has 0 aromatic carbocycles. The van der Waals surface area contributed by atoms with Crippen LogP contribution >= 0.6 is 0 Å². The maximum Gasteiger partial charge on any atom is 0.268 e. The van der Waals surface area contributed by atoms with Crippen molar-refractivity contribution < 1.29 is 9.90 Å². The van der Waals surface area contributed by atoms with Gasteiger partial charge in [0.05, 0.1) is 11.8 Å². The lowest BCUT2D eigenvalue weighted by Crippen LogP contribution is -2.35. The molecule has 1 unspecified atom stereocenters. The van der Waals surface area contributed by atoms with Crippen LogP contribution in [0.1, 0.15) is 56.6 Å². The predicted octanol–water partition coefficient (Wildman–Crippen LogP) is 1.93. The zero-order chi connectivity index (χ0) is 14.9. The van der Waals surface area contributed by atoms with Gasteiger partial charge in [-0.3, -0.25) is 4.79 Å². The molecule has 5 nitrogen and oxygen atoms in total. The Morgan fingerprint density at radius 2 is 2.20 bits per heavy atom. The fourth-order valence-corrected chi connectivity index (χ4v) is 2.42. The first-order chi connectivity index (χ1) is 9.26. The maximum atomic E-state index is 12.2. The number of rotatable bonds is 5. The number of nitrogens with two attached hydrogens (primary N) is 1. The van der Waals surface area contributed by atoms with Crippen molar-refractivity contribution in [3.8, 4) is 0 Å². The van der Waals surface area contributed by atoms with Gasteiger partial charge in [-0.05, 0) is 30.7 Å². The first-order valence-corrected chi connectivity index (χ1v) is 7.20. The molecule has 1 fully saturated rings. The van der Waals surface area contributed by atoms with Crippen LogP contribution in [0.2, 0.25) is 0 Å². The number of anilines is 1. The van der Waals surface area contributed by atoms with Gasteiger partial charge in [-0.1, -0.05) is 20.8 Å². The van der Waals surface area contributed by atoms with Crippen LogP contribution in [0.5, 0.6) is 0 Å². The minimum Gasteiger partial charge on any atom is -0.397 e. The van der Waals surface area contributed by atoms with Crippen molar-refractivity contribution in [1.82, 2.24) is 9.88 Å². The van der Waals surface area contributed by atoms with Crippen LogP contribution in [0.3, 0.4) is 0 Å². The molecule has 0 radical (unpaired) electrons. The van der Waals surface area contributed by atoms with Gasteiger partial charge in [-0.25, -0.2) is 0 Å². The third-order valence-corrected chi connectivity index (χ3v) is 3.39. The molecule has 0 saturated heterocycles. The summed E-state index contributed by atoms with van der Waals surface area (Å²) < 4.78 is 1.95. The van der Waals surface area contributed by atoms with E-state index in [0.717, 1.165) is 12.8 Å². The molecule has 1 aromatic heterocycles. The summed E-state index contributed by atoms with van der Waals surface area (Å²) in [6, 6.07) is 2.11. The number of nitrogens with one attached hydrogen (secondary N) is 1. The highest BCUT2D eigenvalue weighted by Gasteiger charge is 2.28. The third-order valence-electron chi connectivity index (χ3n) is 3.39. The number of carbonyl (C=O) groups excluding carboxylic acids is 1. The second kappa shape index (κ2) is 5.48. The molecule has 0 spiro atoms. The summed E-state index contributed by atoms with van der Waals surface area (Å²) in [5.74, 6) is -0.165. The summed E-state index contributed by atoms with van der Waals surface area (Å²) in [5, 5.41) is 12.7. The Bertz CT molecular complexity index is 484. The maximum absolute atomic E-state index is 12.2. The summed E-state index contributed by atoms with van der Waals surface area (Å²) in [6.45, 7) is 6.47. The van der Waals surface area contributed by atoms with Crippen molar-refractivity contribution in [3.63, 3.8) is 0 Å². The molecule has 20 heavy (non-hydrogen) atoms. The Balaban J connectivity index is 1.92. The summed E-state index contributed by atoms with van der Waals surface area (Å²) in [4.78, 5) is 12.2. The summed E-state index contributed by atoms with van der Waals surface area (Å²) >= 11 is 0. The van der Waals surface area contributed by atoms with Gasteiger partial charge in [0.2, 0.25) is 0 Å². The lowest BCUT2D eigenvalue weighted by atomic mass is 9.89. The summed E-state index contributed by atoms with van der Waals surface area (Å²) in [6.07, 6.45) is 4.14. The van der Waals surface area contributed by atoms with Crippen molar-refractivity contribution >= 4 is 11.6 Å². The fraction of sp³-hybridized carbons (Fsp3) is 0.667. The molecule has 1 aliphatic rings. The van der Waals surface area contributed by atoms with Gasteiger partial charge in [0, 0.05) is 18.8 Å². The minimum atomic E-state index is -0.527.